The Hall–Kier alpha value is -3.27. The van der Waals surface area contributed by atoms with E-state index in [1.807, 2.05) is 0 Å². The van der Waals surface area contributed by atoms with Gasteiger partial charge in [0.05, 0.1) is 31.7 Å². The van der Waals surface area contributed by atoms with E-state index in [1.54, 1.807) is 50.5 Å². The average Bonchev–Trinajstić information content (AvgIpc) is 3.03. The van der Waals surface area contributed by atoms with Crippen LogP contribution in [-0.4, -0.2) is 30.0 Å². The first-order valence-corrected chi connectivity index (χ1v) is 12.3. The van der Waals surface area contributed by atoms with Crippen LogP contribution in [0, 0.1) is 0 Å². The molecule has 0 fully saturated rings. The van der Waals surface area contributed by atoms with Crippen LogP contribution in [0.3, 0.4) is 0 Å². The molecule has 0 aliphatic rings. The summed E-state index contributed by atoms with van der Waals surface area (Å²) in [5.41, 5.74) is 1.75. The number of fused-ring (bicyclic) bond motifs is 1. The first-order valence-electron chi connectivity index (χ1n) is 10.1. The average molecular weight is 519 g/mol. The van der Waals surface area contributed by atoms with Gasteiger partial charge in [-0.2, -0.15) is 0 Å². The van der Waals surface area contributed by atoms with Gasteiger partial charge in [0.25, 0.3) is 10.0 Å². The summed E-state index contributed by atoms with van der Waals surface area (Å²) in [6.45, 7) is -0.513. The molecule has 1 N–H and O–H groups in total. The van der Waals surface area contributed by atoms with Crippen molar-refractivity contribution >= 4 is 61.5 Å². The number of amides is 1. The Morgan fingerprint density at radius 2 is 1.59 bits per heavy atom. The van der Waals surface area contributed by atoms with Gasteiger partial charge in [-0.25, -0.2) is 13.2 Å². The molecular weight excluding hydrogens is 499 g/mol. The van der Waals surface area contributed by atoms with Gasteiger partial charge in [0.2, 0.25) is 5.91 Å². The van der Waals surface area contributed by atoms with Crippen LogP contribution < -0.4 is 15.3 Å². The van der Waals surface area contributed by atoms with E-state index in [-0.39, 0.29) is 26.3 Å². The highest BCUT2D eigenvalue weighted by Gasteiger charge is 2.27. The van der Waals surface area contributed by atoms with Gasteiger partial charge in [0.15, 0.2) is 0 Å². The molecule has 4 rings (SSSR count). The number of aryl methyl sites for hydroxylation is 2. The van der Waals surface area contributed by atoms with Gasteiger partial charge in [0.1, 0.15) is 6.54 Å². The van der Waals surface area contributed by atoms with Crippen molar-refractivity contribution in [2.24, 2.45) is 14.1 Å². The third-order valence-corrected chi connectivity index (χ3v) is 7.89. The van der Waals surface area contributed by atoms with Crippen molar-refractivity contribution in [1.82, 2.24) is 9.13 Å². The van der Waals surface area contributed by atoms with E-state index in [9.17, 15) is 18.0 Å². The van der Waals surface area contributed by atoms with Gasteiger partial charge in [-0.3, -0.25) is 18.2 Å². The van der Waals surface area contributed by atoms with Crippen molar-refractivity contribution in [3.05, 3.63) is 87.3 Å². The Balaban J connectivity index is 1.68. The smallest absolute Gasteiger partial charge is 0.324 e. The SMILES string of the molecule is Cn1c(=O)n(C)c2cc(NC(=O)CN(c3ccc(Cl)c(Cl)c3)S(=O)(=O)c3ccccc3)ccc21. The predicted octanol–water partition coefficient (Wildman–Crippen LogP) is 4.02. The number of sulfonamides is 1. The predicted molar refractivity (Wildman–Crippen MR) is 134 cm³/mol. The number of nitrogens with zero attached hydrogens (tertiary/aromatic N) is 3. The van der Waals surface area contributed by atoms with Crippen molar-refractivity contribution in [2.45, 2.75) is 4.90 Å². The molecule has 0 aliphatic heterocycles. The maximum atomic E-state index is 13.4. The number of rotatable bonds is 6. The van der Waals surface area contributed by atoms with E-state index in [0.717, 1.165) is 4.31 Å². The lowest BCUT2D eigenvalue weighted by Gasteiger charge is -2.24. The van der Waals surface area contributed by atoms with Crippen LogP contribution in [0.4, 0.5) is 11.4 Å². The summed E-state index contributed by atoms with van der Waals surface area (Å²) in [6.07, 6.45) is 0. The molecule has 0 atom stereocenters. The molecule has 1 amide bonds. The maximum Gasteiger partial charge on any atom is 0.328 e. The molecule has 11 heteroatoms. The summed E-state index contributed by atoms with van der Waals surface area (Å²) >= 11 is 12.1. The fraction of sp³-hybridized carbons (Fsp3) is 0.130. The number of anilines is 2. The molecule has 0 bridgehead atoms. The molecule has 176 valence electrons. The molecule has 0 spiro atoms. The van der Waals surface area contributed by atoms with E-state index < -0.39 is 22.5 Å². The number of imidazole rings is 1. The lowest BCUT2D eigenvalue weighted by Crippen LogP contribution is -2.38. The maximum absolute atomic E-state index is 13.4. The first-order chi connectivity index (χ1) is 16.1. The van der Waals surface area contributed by atoms with Gasteiger partial charge in [-0.15, -0.1) is 0 Å². The highest BCUT2D eigenvalue weighted by atomic mass is 35.5. The van der Waals surface area contributed by atoms with Gasteiger partial charge in [0, 0.05) is 19.8 Å². The summed E-state index contributed by atoms with van der Waals surface area (Å²) in [6, 6.07) is 17.1. The van der Waals surface area contributed by atoms with Crippen molar-refractivity contribution in [2.75, 3.05) is 16.2 Å². The largest absolute Gasteiger partial charge is 0.328 e. The second kappa shape index (κ2) is 9.17. The topological polar surface area (TPSA) is 93.4 Å². The summed E-state index contributed by atoms with van der Waals surface area (Å²) in [4.78, 5) is 25.2. The minimum Gasteiger partial charge on any atom is -0.324 e. The highest BCUT2D eigenvalue weighted by Crippen LogP contribution is 2.30. The van der Waals surface area contributed by atoms with Gasteiger partial charge < -0.3 is 5.32 Å². The fourth-order valence-corrected chi connectivity index (χ4v) is 5.32. The van der Waals surface area contributed by atoms with Gasteiger partial charge in [-0.05, 0) is 48.5 Å². The molecule has 1 heterocycles. The number of halogens is 2. The van der Waals surface area contributed by atoms with Crippen LogP contribution in [0.25, 0.3) is 11.0 Å². The van der Waals surface area contributed by atoms with E-state index in [0.29, 0.717) is 16.7 Å². The Kier molecular flexibility index (Phi) is 6.44. The van der Waals surface area contributed by atoms with Crippen LogP contribution in [0.2, 0.25) is 10.0 Å². The van der Waals surface area contributed by atoms with Crippen LogP contribution in [0.5, 0.6) is 0 Å². The van der Waals surface area contributed by atoms with Crippen molar-refractivity contribution in [3.8, 4) is 0 Å². The zero-order valence-electron chi connectivity index (χ0n) is 18.2. The molecule has 0 aliphatic carbocycles. The fourth-order valence-electron chi connectivity index (χ4n) is 3.59. The third kappa shape index (κ3) is 4.42. The van der Waals surface area contributed by atoms with Crippen LogP contribution in [0.15, 0.2) is 76.4 Å². The van der Waals surface area contributed by atoms with Crippen LogP contribution >= 0.6 is 23.2 Å². The van der Waals surface area contributed by atoms with Crippen molar-refractivity contribution in [3.63, 3.8) is 0 Å². The lowest BCUT2D eigenvalue weighted by molar-refractivity contribution is -0.114. The second-order valence-electron chi connectivity index (χ2n) is 7.58. The minimum atomic E-state index is -4.09. The lowest BCUT2D eigenvalue weighted by atomic mass is 10.2. The van der Waals surface area contributed by atoms with Crippen molar-refractivity contribution in [1.29, 1.82) is 0 Å². The number of carbonyl (C=O) groups is 1. The van der Waals surface area contributed by atoms with Gasteiger partial charge in [-0.1, -0.05) is 41.4 Å². The molecular formula is C23H20Cl2N4O4S. The van der Waals surface area contributed by atoms with E-state index in [4.69, 9.17) is 23.2 Å². The van der Waals surface area contributed by atoms with E-state index >= 15 is 0 Å². The summed E-state index contributed by atoms with van der Waals surface area (Å²) in [5.74, 6) is -0.578. The Bertz CT molecular complexity index is 1560. The molecule has 4 aromatic rings. The standard InChI is InChI=1S/C23H20Cl2N4O4S/c1-27-20-11-8-15(12-21(20)28(2)23(27)31)26-22(30)14-29(16-9-10-18(24)19(25)13-16)34(32,33)17-6-4-3-5-7-17/h3-13H,14H2,1-2H3,(H,26,30). The second-order valence-corrected chi connectivity index (χ2v) is 10.3. The number of hydrogen-bond acceptors (Lipinski definition) is 4. The molecule has 3 aromatic carbocycles. The number of benzene rings is 3. The molecule has 1 aromatic heterocycles. The Morgan fingerprint density at radius 3 is 2.26 bits per heavy atom. The van der Waals surface area contributed by atoms with Crippen molar-refractivity contribution < 1.29 is 13.2 Å². The minimum absolute atomic E-state index is 0.0228. The van der Waals surface area contributed by atoms with Crippen LogP contribution in [-0.2, 0) is 28.9 Å². The molecule has 0 radical (unpaired) electrons. The number of carbonyl (C=O) groups excluding carboxylic acids is 1. The first kappa shape index (κ1) is 23.9. The Labute approximate surface area is 206 Å². The number of nitrogens with one attached hydrogen (secondary N) is 1. The zero-order chi connectivity index (χ0) is 24.6. The summed E-state index contributed by atoms with van der Waals surface area (Å²) < 4.78 is 30.7. The quantitative estimate of drug-likeness (QED) is 0.417. The molecule has 34 heavy (non-hydrogen) atoms. The van der Waals surface area contributed by atoms with Crippen LogP contribution in [0.1, 0.15) is 0 Å². The highest BCUT2D eigenvalue weighted by molar-refractivity contribution is 7.92. The van der Waals surface area contributed by atoms with E-state index in [2.05, 4.69) is 5.32 Å². The third-order valence-electron chi connectivity index (χ3n) is 5.37. The van der Waals surface area contributed by atoms with Gasteiger partial charge >= 0.3 is 5.69 Å². The molecule has 0 saturated heterocycles. The molecule has 0 unspecified atom stereocenters. The monoisotopic (exact) mass is 518 g/mol. The number of hydrogen-bond donors (Lipinski definition) is 1. The Morgan fingerprint density at radius 1 is 0.912 bits per heavy atom. The molecule has 8 nitrogen and oxygen atoms in total. The zero-order valence-corrected chi connectivity index (χ0v) is 20.5. The summed E-state index contributed by atoms with van der Waals surface area (Å²) in [5, 5.41) is 3.12. The van der Waals surface area contributed by atoms with E-state index in [1.165, 1.54) is 39.5 Å². The molecule has 0 saturated carbocycles. The normalized spacial score (nSPS) is 11.5. The summed E-state index contributed by atoms with van der Waals surface area (Å²) in [7, 11) is -0.800. The number of aromatic nitrogens is 2.